The van der Waals surface area contributed by atoms with Crippen LogP contribution in [0.4, 0.5) is 0 Å². The number of carbonyl (C=O) groups excluding carboxylic acids is 1. The Balaban J connectivity index is 1.99. The average molecular weight is 323 g/mol. The van der Waals surface area contributed by atoms with Gasteiger partial charge in [0, 0.05) is 30.0 Å². The van der Waals surface area contributed by atoms with Crippen molar-refractivity contribution in [3.8, 4) is 0 Å². The molecule has 0 bridgehead atoms. The van der Waals surface area contributed by atoms with Gasteiger partial charge in [-0.15, -0.1) is 0 Å². The van der Waals surface area contributed by atoms with Crippen LogP contribution in [0.25, 0.3) is 0 Å². The van der Waals surface area contributed by atoms with E-state index in [-0.39, 0.29) is 28.9 Å². The van der Waals surface area contributed by atoms with Crippen LogP contribution >= 0.6 is 10.7 Å². The van der Waals surface area contributed by atoms with Gasteiger partial charge in [-0.1, -0.05) is 0 Å². The molecular weight excluding hydrogens is 308 g/mol. The predicted octanol–water partition coefficient (Wildman–Crippen LogP) is 2.10. The lowest BCUT2D eigenvalue weighted by Gasteiger charge is -2.21. The van der Waals surface area contributed by atoms with Gasteiger partial charge in [0.25, 0.3) is 9.05 Å². The van der Waals surface area contributed by atoms with Crippen LogP contribution in [0.2, 0.25) is 0 Å². The Kier molecular flexibility index (Phi) is 4.72. The van der Waals surface area contributed by atoms with Gasteiger partial charge in [0.2, 0.25) is 5.76 Å². The Bertz CT molecular complexity index is 585. The molecule has 0 amide bonds. The molecule has 0 aliphatic carbocycles. The van der Waals surface area contributed by atoms with Crippen LogP contribution in [0.1, 0.15) is 29.2 Å². The van der Waals surface area contributed by atoms with Crippen molar-refractivity contribution in [2.75, 3.05) is 19.8 Å². The van der Waals surface area contributed by atoms with Crippen LogP contribution < -0.4 is 0 Å². The average Bonchev–Trinajstić information content (AvgIpc) is 2.79. The Labute approximate surface area is 121 Å². The fourth-order valence-electron chi connectivity index (χ4n) is 1.99. The smallest absolute Gasteiger partial charge is 0.374 e. The number of rotatable bonds is 4. The first-order chi connectivity index (χ1) is 9.38. The molecule has 1 aliphatic rings. The molecule has 0 aromatic carbocycles. The van der Waals surface area contributed by atoms with Gasteiger partial charge in [0.1, 0.15) is 10.7 Å². The maximum absolute atomic E-state index is 11.8. The predicted molar refractivity (Wildman–Crippen MR) is 70.3 cm³/mol. The highest BCUT2D eigenvalue weighted by Gasteiger charge is 2.24. The summed E-state index contributed by atoms with van der Waals surface area (Å²) in [6.07, 6.45) is 1.68. The molecular formula is C12H15ClO6S. The molecule has 0 unspecified atom stereocenters. The highest BCUT2D eigenvalue weighted by molar-refractivity contribution is 8.13. The Morgan fingerprint density at radius 1 is 1.45 bits per heavy atom. The number of carbonyl (C=O) groups is 1. The van der Waals surface area contributed by atoms with Gasteiger partial charge >= 0.3 is 5.97 Å². The second kappa shape index (κ2) is 6.15. The molecule has 0 radical (unpaired) electrons. The maximum Gasteiger partial charge on any atom is 0.374 e. The zero-order chi connectivity index (χ0) is 14.8. The third kappa shape index (κ3) is 3.74. The molecule has 2 rings (SSSR count). The normalized spacial score (nSPS) is 17.1. The molecule has 20 heavy (non-hydrogen) atoms. The van der Waals surface area contributed by atoms with E-state index < -0.39 is 15.0 Å². The molecule has 112 valence electrons. The molecule has 1 aromatic heterocycles. The molecule has 6 nitrogen and oxygen atoms in total. The summed E-state index contributed by atoms with van der Waals surface area (Å²) in [5, 5.41) is 0. The minimum absolute atomic E-state index is 0.0676. The van der Waals surface area contributed by atoms with Crippen molar-refractivity contribution >= 4 is 25.7 Å². The zero-order valence-electron chi connectivity index (χ0n) is 10.9. The van der Waals surface area contributed by atoms with Crippen LogP contribution in [0, 0.1) is 12.8 Å². The first-order valence-corrected chi connectivity index (χ1v) is 8.49. The fourth-order valence-corrected chi connectivity index (χ4v) is 3.08. The Morgan fingerprint density at radius 2 is 2.10 bits per heavy atom. The third-order valence-corrected chi connectivity index (χ3v) is 4.56. The number of esters is 1. The molecule has 1 aliphatic heterocycles. The SMILES string of the molecule is Cc1oc(C(=O)OCC2CCOCC2)cc1S(=O)(=O)Cl. The van der Waals surface area contributed by atoms with E-state index in [2.05, 4.69) is 0 Å². The summed E-state index contributed by atoms with van der Waals surface area (Å²) < 4.78 is 37.9. The molecule has 0 atom stereocenters. The van der Waals surface area contributed by atoms with Crippen LogP contribution in [0.3, 0.4) is 0 Å². The van der Waals surface area contributed by atoms with Gasteiger partial charge < -0.3 is 13.9 Å². The third-order valence-electron chi connectivity index (χ3n) is 3.13. The molecule has 1 fully saturated rings. The monoisotopic (exact) mass is 322 g/mol. The minimum Gasteiger partial charge on any atom is -0.460 e. The minimum atomic E-state index is -3.93. The van der Waals surface area contributed by atoms with Gasteiger partial charge in [-0.25, -0.2) is 13.2 Å². The van der Waals surface area contributed by atoms with Crippen LogP contribution in [-0.4, -0.2) is 34.2 Å². The number of aryl methyl sites for hydroxylation is 1. The lowest BCUT2D eigenvalue weighted by Crippen LogP contribution is -2.21. The molecule has 1 aromatic rings. The van der Waals surface area contributed by atoms with Crippen molar-refractivity contribution in [3.63, 3.8) is 0 Å². The fraction of sp³-hybridized carbons (Fsp3) is 0.583. The van der Waals surface area contributed by atoms with E-state index in [9.17, 15) is 13.2 Å². The molecule has 0 N–H and O–H groups in total. The Morgan fingerprint density at radius 3 is 2.65 bits per heavy atom. The Hall–Kier alpha value is -1.05. The quantitative estimate of drug-likeness (QED) is 0.623. The van der Waals surface area contributed by atoms with Crippen LogP contribution in [0.5, 0.6) is 0 Å². The summed E-state index contributed by atoms with van der Waals surface area (Å²) in [7, 11) is 1.30. The molecule has 2 heterocycles. The largest absolute Gasteiger partial charge is 0.460 e. The van der Waals surface area contributed by atoms with E-state index in [4.69, 9.17) is 24.6 Å². The van der Waals surface area contributed by atoms with Crippen molar-refractivity contribution in [3.05, 3.63) is 17.6 Å². The first kappa shape index (κ1) is 15.3. The van der Waals surface area contributed by atoms with E-state index in [1.807, 2.05) is 0 Å². The van der Waals surface area contributed by atoms with E-state index in [0.717, 1.165) is 18.9 Å². The van der Waals surface area contributed by atoms with Gasteiger partial charge in [-0.3, -0.25) is 0 Å². The molecule has 1 saturated heterocycles. The summed E-state index contributed by atoms with van der Waals surface area (Å²) in [6.45, 7) is 3.02. The van der Waals surface area contributed by atoms with Gasteiger partial charge in [-0.05, 0) is 25.7 Å². The van der Waals surface area contributed by atoms with Crippen molar-refractivity contribution in [2.45, 2.75) is 24.7 Å². The van der Waals surface area contributed by atoms with Crippen molar-refractivity contribution in [2.24, 2.45) is 5.92 Å². The summed E-state index contributed by atoms with van der Waals surface area (Å²) in [5.41, 5.74) is 0. The summed E-state index contributed by atoms with van der Waals surface area (Å²) in [6, 6.07) is 1.09. The van der Waals surface area contributed by atoms with E-state index in [0.29, 0.717) is 13.2 Å². The first-order valence-electron chi connectivity index (χ1n) is 6.18. The zero-order valence-corrected chi connectivity index (χ0v) is 12.5. The van der Waals surface area contributed by atoms with E-state index in [1.54, 1.807) is 0 Å². The van der Waals surface area contributed by atoms with Crippen molar-refractivity contribution in [1.82, 2.24) is 0 Å². The standard InChI is InChI=1S/C12H15ClO6S/c1-8-11(20(13,15)16)6-10(19-8)12(14)18-7-9-2-4-17-5-3-9/h6,9H,2-5,7H2,1H3. The van der Waals surface area contributed by atoms with Crippen LogP contribution in [-0.2, 0) is 18.5 Å². The maximum atomic E-state index is 11.8. The van der Waals surface area contributed by atoms with Crippen molar-refractivity contribution < 1.29 is 27.1 Å². The second-order valence-corrected chi connectivity index (χ2v) is 7.16. The highest BCUT2D eigenvalue weighted by Crippen LogP contribution is 2.24. The summed E-state index contributed by atoms with van der Waals surface area (Å²) >= 11 is 0. The second-order valence-electron chi connectivity index (χ2n) is 4.62. The van der Waals surface area contributed by atoms with Gasteiger partial charge in [0.15, 0.2) is 0 Å². The van der Waals surface area contributed by atoms with Gasteiger partial charge in [0.05, 0.1) is 6.61 Å². The van der Waals surface area contributed by atoms with Gasteiger partial charge in [-0.2, -0.15) is 0 Å². The lowest BCUT2D eigenvalue weighted by atomic mass is 10.0. The van der Waals surface area contributed by atoms with Crippen molar-refractivity contribution in [1.29, 1.82) is 0 Å². The molecule has 0 saturated carbocycles. The molecule has 0 spiro atoms. The topological polar surface area (TPSA) is 82.8 Å². The number of ether oxygens (including phenoxy) is 2. The number of hydrogen-bond acceptors (Lipinski definition) is 6. The molecule has 8 heteroatoms. The number of halogens is 1. The van der Waals surface area contributed by atoms with E-state index >= 15 is 0 Å². The number of hydrogen-bond donors (Lipinski definition) is 0. The summed E-state index contributed by atoms with van der Waals surface area (Å²) in [4.78, 5) is 11.6. The lowest BCUT2D eigenvalue weighted by molar-refractivity contribution is 0.0163. The van der Waals surface area contributed by atoms with Crippen LogP contribution in [0.15, 0.2) is 15.4 Å². The number of furan rings is 1. The highest BCUT2D eigenvalue weighted by atomic mass is 35.7. The van der Waals surface area contributed by atoms with E-state index in [1.165, 1.54) is 6.92 Å². The summed E-state index contributed by atoms with van der Waals surface area (Å²) in [5.74, 6) is -0.516.